The molecule has 9 heteroatoms. The van der Waals surface area contributed by atoms with E-state index < -0.39 is 11.8 Å². The molecule has 196 valence electrons. The number of nitriles is 1. The van der Waals surface area contributed by atoms with Crippen LogP contribution in [0.15, 0.2) is 36.4 Å². The number of hydrogen-bond donors (Lipinski definition) is 2. The molecule has 1 saturated heterocycles. The van der Waals surface area contributed by atoms with Crippen LogP contribution in [-0.4, -0.2) is 47.6 Å². The normalized spacial score (nSPS) is 16.2. The van der Waals surface area contributed by atoms with Gasteiger partial charge in [0.2, 0.25) is 5.95 Å². The van der Waals surface area contributed by atoms with Gasteiger partial charge in [-0.3, -0.25) is 4.79 Å². The number of hydrogen-bond acceptors (Lipinski definition) is 6. The maximum Gasteiger partial charge on any atom is 0.251 e. The van der Waals surface area contributed by atoms with Crippen molar-refractivity contribution in [1.82, 2.24) is 15.2 Å². The zero-order valence-corrected chi connectivity index (χ0v) is 21.4. The Hall–Kier alpha value is -4.03. The number of fused-ring (bicyclic) bond motifs is 1. The third-order valence-electron chi connectivity index (χ3n) is 7.32. The molecule has 3 heterocycles. The summed E-state index contributed by atoms with van der Waals surface area (Å²) in [4.78, 5) is 18.3. The second-order valence-corrected chi connectivity index (χ2v) is 10.0. The first-order chi connectivity index (χ1) is 18.2. The zero-order chi connectivity index (χ0) is 27.0. The first kappa shape index (κ1) is 25.6. The number of likely N-dealkylation sites (tertiary alicyclic amines) is 1. The lowest BCUT2D eigenvalue weighted by Gasteiger charge is -2.34. The van der Waals surface area contributed by atoms with Crippen molar-refractivity contribution >= 4 is 11.7 Å². The summed E-state index contributed by atoms with van der Waals surface area (Å²) < 4.78 is 36.3. The van der Waals surface area contributed by atoms with Crippen molar-refractivity contribution in [2.45, 2.75) is 45.3 Å². The molecular formula is C29H29F2N5O2. The van der Waals surface area contributed by atoms with E-state index in [-0.39, 0.29) is 45.6 Å². The average Bonchev–Trinajstić information content (AvgIpc) is 2.90. The van der Waals surface area contributed by atoms with Gasteiger partial charge in [-0.15, -0.1) is 0 Å². The molecule has 0 saturated carbocycles. The molecule has 0 bridgehead atoms. The summed E-state index contributed by atoms with van der Waals surface area (Å²) in [5.41, 5.74) is 8.07. The number of halogens is 2. The topological polar surface area (TPSA) is 104 Å². The zero-order valence-electron chi connectivity index (χ0n) is 21.4. The van der Waals surface area contributed by atoms with Crippen LogP contribution in [0.4, 0.5) is 14.6 Å². The minimum atomic E-state index is -0.831. The van der Waals surface area contributed by atoms with E-state index in [0.29, 0.717) is 35.9 Å². The SMILES string of the molecule is CC(C)N1CCC(Oc2ccc(-c3cc(-c4cc5c(cc4F)C(=O)NCC5)c(N)nc3F)cc2C#N)CC1. The summed E-state index contributed by atoms with van der Waals surface area (Å²) in [6, 6.07) is 11.7. The Morgan fingerprint density at radius 3 is 2.58 bits per heavy atom. The van der Waals surface area contributed by atoms with Gasteiger partial charge >= 0.3 is 0 Å². The Morgan fingerprint density at radius 2 is 1.87 bits per heavy atom. The van der Waals surface area contributed by atoms with E-state index in [4.69, 9.17) is 10.5 Å². The summed E-state index contributed by atoms with van der Waals surface area (Å²) in [5, 5.41) is 12.5. The quantitative estimate of drug-likeness (QED) is 0.476. The van der Waals surface area contributed by atoms with Crippen LogP contribution in [-0.2, 0) is 6.42 Å². The van der Waals surface area contributed by atoms with E-state index in [2.05, 4.69) is 35.1 Å². The largest absolute Gasteiger partial charge is 0.489 e. The van der Waals surface area contributed by atoms with Crippen molar-refractivity contribution in [2.24, 2.45) is 0 Å². The predicted molar refractivity (Wildman–Crippen MR) is 141 cm³/mol. The van der Waals surface area contributed by atoms with Gasteiger partial charge in [-0.25, -0.2) is 9.37 Å². The molecule has 0 aliphatic carbocycles. The highest BCUT2D eigenvalue weighted by Crippen LogP contribution is 2.36. The van der Waals surface area contributed by atoms with Crippen LogP contribution in [0, 0.1) is 23.1 Å². The second kappa shape index (κ2) is 10.4. The number of rotatable bonds is 5. The van der Waals surface area contributed by atoms with Crippen molar-refractivity contribution < 1.29 is 18.3 Å². The maximum absolute atomic E-state index is 15.1. The first-order valence-corrected chi connectivity index (χ1v) is 12.8. The minimum absolute atomic E-state index is 0.00135. The van der Waals surface area contributed by atoms with Crippen LogP contribution in [0.5, 0.6) is 5.75 Å². The van der Waals surface area contributed by atoms with E-state index in [1.165, 1.54) is 12.1 Å². The number of carbonyl (C=O) groups is 1. The summed E-state index contributed by atoms with van der Waals surface area (Å²) in [5.74, 6) is -1.54. The fourth-order valence-corrected chi connectivity index (χ4v) is 5.15. The third-order valence-corrected chi connectivity index (χ3v) is 7.32. The third kappa shape index (κ3) is 4.92. The van der Waals surface area contributed by atoms with Gasteiger partial charge in [0.05, 0.1) is 5.56 Å². The average molecular weight is 518 g/mol. The van der Waals surface area contributed by atoms with Crippen molar-refractivity contribution in [3.63, 3.8) is 0 Å². The molecule has 0 unspecified atom stereocenters. The van der Waals surface area contributed by atoms with Crippen LogP contribution in [0.1, 0.15) is 48.2 Å². The molecule has 0 atom stereocenters. The molecule has 2 aliphatic heterocycles. The lowest BCUT2D eigenvalue weighted by molar-refractivity contribution is 0.0841. The molecule has 2 aromatic carbocycles. The van der Waals surface area contributed by atoms with Crippen molar-refractivity contribution in [3.8, 4) is 34.1 Å². The van der Waals surface area contributed by atoms with E-state index in [1.807, 2.05) is 0 Å². The highest BCUT2D eigenvalue weighted by atomic mass is 19.1. The van der Waals surface area contributed by atoms with E-state index in [1.54, 1.807) is 24.3 Å². The number of anilines is 1. The van der Waals surface area contributed by atoms with Crippen LogP contribution >= 0.6 is 0 Å². The van der Waals surface area contributed by atoms with Gasteiger partial charge in [-0.1, -0.05) is 6.07 Å². The second-order valence-electron chi connectivity index (χ2n) is 10.0. The number of ether oxygens (including phenoxy) is 1. The number of benzene rings is 2. The number of carbonyl (C=O) groups excluding carboxylic acids is 1. The lowest BCUT2D eigenvalue weighted by atomic mass is 9.93. The molecule has 1 amide bonds. The summed E-state index contributed by atoms with van der Waals surface area (Å²) >= 11 is 0. The molecule has 0 spiro atoms. The number of nitrogens with two attached hydrogens (primary N) is 1. The van der Waals surface area contributed by atoms with Crippen molar-refractivity contribution in [1.29, 1.82) is 5.26 Å². The fraction of sp³-hybridized carbons (Fsp3) is 0.345. The highest BCUT2D eigenvalue weighted by Gasteiger charge is 2.25. The van der Waals surface area contributed by atoms with Gasteiger partial charge in [-0.2, -0.15) is 9.65 Å². The van der Waals surface area contributed by atoms with Crippen molar-refractivity contribution in [2.75, 3.05) is 25.4 Å². The Labute approximate surface area is 220 Å². The highest BCUT2D eigenvalue weighted by molar-refractivity contribution is 5.97. The van der Waals surface area contributed by atoms with Gasteiger partial charge in [0, 0.05) is 47.9 Å². The Morgan fingerprint density at radius 1 is 1.11 bits per heavy atom. The fourth-order valence-electron chi connectivity index (χ4n) is 5.15. The Bertz CT molecular complexity index is 1440. The molecule has 38 heavy (non-hydrogen) atoms. The van der Waals surface area contributed by atoms with Crippen LogP contribution in [0.3, 0.4) is 0 Å². The summed E-state index contributed by atoms with van der Waals surface area (Å²) in [6.45, 7) is 6.64. The number of amides is 1. The van der Waals surface area contributed by atoms with Crippen LogP contribution in [0.25, 0.3) is 22.3 Å². The van der Waals surface area contributed by atoms with Gasteiger partial charge in [0.1, 0.15) is 29.6 Å². The summed E-state index contributed by atoms with van der Waals surface area (Å²) in [7, 11) is 0. The van der Waals surface area contributed by atoms with Crippen LogP contribution < -0.4 is 15.8 Å². The van der Waals surface area contributed by atoms with Gasteiger partial charge in [-0.05, 0) is 74.6 Å². The molecule has 3 aromatic rings. The monoisotopic (exact) mass is 517 g/mol. The minimum Gasteiger partial charge on any atom is -0.489 e. The summed E-state index contributed by atoms with van der Waals surface area (Å²) in [6.07, 6.45) is 2.26. The smallest absolute Gasteiger partial charge is 0.251 e. The Balaban J connectivity index is 1.46. The predicted octanol–water partition coefficient (Wildman–Crippen LogP) is 4.69. The van der Waals surface area contributed by atoms with Gasteiger partial charge in [0.25, 0.3) is 5.91 Å². The molecule has 0 radical (unpaired) electrons. The van der Waals surface area contributed by atoms with E-state index in [9.17, 15) is 10.1 Å². The standard InChI is InChI=1S/C29H29F2N5O2/c1-16(2)36-9-6-20(7-10-36)38-26-4-3-17(11-19(26)15-32)21-13-24(28(33)35-27(21)31)23-12-18-5-8-34-29(37)22(18)14-25(23)30/h3-4,11-14,16,20H,5-10H2,1-2H3,(H2,33,35)(H,34,37). The molecule has 3 N–H and O–H groups in total. The lowest BCUT2D eigenvalue weighted by Crippen LogP contribution is -2.41. The van der Waals surface area contributed by atoms with E-state index in [0.717, 1.165) is 25.9 Å². The van der Waals surface area contributed by atoms with E-state index >= 15 is 8.78 Å². The van der Waals surface area contributed by atoms with Crippen LogP contribution in [0.2, 0.25) is 0 Å². The maximum atomic E-state index is 15.1. The molecule has 1 aromatic heterocycles. The molecular weight excluding hydrogens is 488 g/mol. The van der Waals surface area contributed by atoms with Gasteiger partial charge < -0.3 is 20.7 Å². The van der Waals surface area contributed by atoms with Crippen molar-refractivity contribution in [3.05, 3.63) is 64.9 Å². The molecule has 2 aliphatic rings. The number of nitrogen functional groups attached to an aromatic ring is 1. The molecule has 7 nitrogen and oxygen atoms in total. The number of aromatic nitrogens is 1. The Kier molecular flexibility index (Phi) is 7.00. The number of pyridine rings is 1. The number of piperidine rings is 1. The molecule has 5 rings (SSSR count). The first-order valence-electron chi connectivity index (χ1n) is 12.8. The van der Waals surface area contributed by atoms with Gasteiger partial charge in [0.15, 0.2) is 0 Å². The number of nitrogens with zero attached hydrogens (tertiary/aromatic N) is 3. The molecule has 1 fully saturated rings. The number of nitrogens with one attached hydrogen (secondary N) is 1.